The highest BCUT2D eigenvalue weighted by Gasteiger charge is 2.17. The molecule has 0 radical (unpaired) electrons. The van der Waals surface area contributed by atoms with Gasteiger partial charge in [-0.25, -0.2) is 0 Å². The Morgan fingerprint density at radius 1 is 0.750 bits per heavy atom. The average Bonchev–Trinajstić information content (AvgIpc) is 2.70. The molecule has 28 heavy (non-hydrogen) atoms. The Kier molecular flexibility index (Phi) is 17.2. The van der Waals surface area contributed by atoms with E-state index in [2.05, 4.69) is 4.90 Å². The Balaban J connectivity index is 4.00. The van der Waals surface area contributed by atoms with Crippen LogP contribution in [-0.4, -0.2) is 55.0 Å². The van der Waals surface area contributed by atoms with Crippen molar-refractivity contribution in [2.75, 3.05) is 33.0 Å². The van der Waals surface area contributed by atoms with Crippen LogP contribution < -0.4 is 0 Å². The van der Waals surface area contributed by atoms with Gasteiger partial charge in [0.05, 0.1) is 18.4 Å². The van der Waals surface area contributed by atoms with E-state index in [-0.39, 0.29) is 30.4 Å². The number of nitrogens with zero attached hydrogens (tertiary/aromatic N) is 1. The Labute approximate surface area is 172 Å². The largest absolute Gasteiger partial charge is 0.465 e. The molecule has 1 N–H and O–H groups in total. The van der Waals surface area contributed by atoms with Gasteiger partial charge in [0, 0.05) is 19.7 Å². The van der Waals surface area contributed by atoms with Crippen molar-refractivity contribution in [1.82, 2.24) is 4.90 Å². The number of aliphatic hydroxyl groups excluding tert-OH is 1. The first-order valence-electron chi connectivity index (χ1n) is 11.2. The zero-order valence-electron chi connectivity index (χ0n) is 18.6. The summed E-state index contributed by atoms with van der Waals surface area (Å²) in [5.41, 5.74) is 0. The van der Waals surface area contributed by atoms with Gasteiger partial charge in [-0.3, -0.25) is 14.5 Å². The van der Waals surface area contributed by atoms with E-state index in [4.69, 9.17) is 14.6 Å². The molecule has 0 amide bonds. The molecule has 0 unspecified atom stereocenters. The maximum atomic E-state index is 12.0. The van der Waals surface area contributed by atoms with Crippen molar-refractivity contribution in [3.05, 3.63) is 0 Å². The Morgan fingerprint density at radius 2 is 1.25 bits per heavy atom. The van der Waals surface area contributed by atoms with E-state index in [1.54, 1.807) is 0 Å². The van der Waals surface area contributed by atoms with Crippen molar-refractivity contribution >= 4 is 11.9 Å². The molecule has 166 valence electrons. The van der Waals surface area contributed by atoms with Crippen LogP contribution in [0.4, 0.5) is 0 Å². The van der Waals surface area contributed by atoms with Gasteiger partial charge < -0.3 is 14.6 Å². The molecular formula is C22H43NO5. The summed E-state index contributed by atoms with van der Waals surface area (Å²) in [5.74, 6) is -0.192. The first-order chi connectivity index (χ1) is 13.5. The van der Waals surface area contributed by atoms with Gasteiger partial charge in [-0.1, -0.05) is 40.5 Å². The molecule has 0 rings (SSSR count). The summed E-state index contributed by atoms with van der Waals surface area (Å²) in [4.78, 5) is 25.9. The van der Waals surface area contributed by atoms with E-state index in [1.807, 2.05) is 27.7 Å². The summed E-state index contributed by atoms with van der Waals surface area (Å²) < 4.78 is 10.8. The van der Waals surface area contributed by atoms with E-state index in [0.717, 1.165) is 64.5 Å². The molecule has 0 spiro atoms. The van der Waals surface area contributed by atoms with Gasteiger partial charge >= 0.3 is 11.9 Å². The molecule has 0 fully saturated rings. The van der Waals surface area contributed by atoms with Gasteiger partial charge in [0.1, 0.15) is 6.73 Å². The second kappa shape index (κ2) is 17.9. The summed E-state index contributed by atoms with van der Waals surface area (Å²) in [6.07, 6.45) is 7.87. The lowest BCUT2D eigenvalue weighted by Gasteiger charge is -2.23. The lowest BCUT2D eigenvalue weighted by atomic mass is 10.0. The second-order valence-electron chi connectivity index (χ2n) is 7.40. The standard InChI is InChI=1S/C22H43NO5/c1-5-19(6-2)21(25)27-17-12-10-9-11-14-23(15-13-16-24)18-28-22(26)20(7-3)8-4/h19-20,24H,5-18H2,1-4H3. The first-order valence-corrected chi connectivity index (χ1v) is 11.2. The molecular weight excluding hydrogens is 358 g/mol. The van der Waals surface area contributed by atoms with Crippen molar-refractivity contribution in [1.29, 1.82) is 0 Å². The molecule has 0 heterocycles. The summed E-state index contributed by atoms with van der Waals surface area (Å²) >= 11 is 0. The molecule has 6 nitrogen and oxygen atoms in total. The van der Waals surface area contributed by atoms with Crippen LogP contribution >= 0.6 is 0 Å². The summed E-state index contributed by atoms with van der Waals surface area (Å²) in [7, 11) is 0. The minimum atomic E-state index is -0.127. The molecule has 0 aromatic carbocycles. The van der Waals surface area contributed by atoms with Crippen LogP contribution in [0.15, 0.2) is 0 Å². The Hall–Kier alpha value is -1.14. The van der Waals surface area contributed by atoms with Crippen molar-refractivity contribution in [2.24, 2.45) is 11.8 Å². The minimum absolute atomic E-state index is 0.0255. The molecule has 0 aliphatic rings. The molecule has 0 aliphatic heterocycles. The highest BCUT2D eigenvalue weighted by Crippen LogP contribution is 2.12. The van der Waals surface area contributed by atoms with Crippen LogP contribution in [0.5, 0.6) is 0 Å². The van der Waals surface area contributed by atoms with Gasteiger partial charge in [-0.2, -0.15) is 0 Å². The van der Waals surface area contributed by atoms with Crippen molar-refractivity contribution in [3.63, 3.8) is 0 Å². The van der Waals surface area contributed by atoms with Gasteiger partial charge in [0.15, 0.2) is 0 Å². The number of hydrogen-bond donors (Lipinski definition) is 1. The van der Waals surface area contributed by atoms with Crippen LogP contribution in [0.3, 0.4) is 0 Å². The van der Waals surface area contributed by atoms with Crippen LogP contribution in [0.25, 0.3) is 0 Å². The highest BCUT2D eigenvalue weighted by molar-refractivity contribution is 5.72. The number of carbonyl (C=O) groups excluding carboxylic acids is 2. The maximum Gasteiger partial charge on any atom is 0.310 e. The maximum absolute atomic E-state index is 12.0. The smallest absolute Gasteiger partial charge is 0.310 e. The number of unbranched alkanes of at least 4 members (excludes halogenated alkanes) is 3. The Morgan fingerprint density at radius 3 is 1.79 bits per heavy atom. The highest BCUT2D eigenvalue weighted by atomic mass is 16.5. The van der Waals surface area contributed by atoms with E-state index < -0.39 is 0 Å². The van der Waals surface area contributed by atoms with Crippen LogP contribution in [0.2, 0.25) is 0 Å². The molecule has 0 aromatic rings. The average molecular weight is 402 g/mol. The number of ether oxygens (including phenoxy) is 2. The van der Waals surface area contributed by atoms with Crippen LogP contribution in [0.1, 0.15) is 85.5 Å². The molecule has 0 bridgehead atoms. The quantitative estimate of drug-likeness (QED) is 0.211. The lowest BCUT2D eigenvalue weighted by Crippen LogP contribution is -2.32. The van der Waals surface area contributed by atoms with Crippen molar-refractivity contribution in [2.45, 2.75) is 85.5 Å². The van der Waals surface area contributed by atoms with Crippen LogP contribution in [0, 0.1) is 11.8 Å². The van der Waals surface area contributed by atoms with Gasteiger partial charge in [0.2, 0.25) is 0 Å². The summed E-state index contributed by atoms with van der Waals surface area (Å²) in [6.45, 7) is 10.5. The summed E-state index contributed by atoms with van der Waals surface area (Å²) in [5, 5.41) is 9.07. The van der Waals surface area contributed by atoms with Gasteiger partial charge in [0.25, 0.3) is 0 Å². The van der Waals surface area contributed by atoms with Gasteiger partial charge in [-0.05, 0) is 44.9 Å². The molecule has 0 saturated carbocycles. The number of hydrogen-bond acceptors (Lipinski definition) is 6. The number of esters is 2. The third kappa shape index (κ3) is 12.3. The van der Waals surface area contributed by atoms with E-state index in [0.29, 0.717) is 19.8 Å². The molecule has 6 heteroatoms. The monoisotopic (exact) mass is 401 g/mol. The van der Waals surface area contributed by atoms with Crippen LogP contribution in [-0.2, 0) is 19.1 Å². The molecule has 0 atom stereocenters. The normalized spacial score (nSPS) is 11.4. The zero-order chi connectivity index (χ0) is 21.2. The number of aliphatic hydroxyl groups is 1. The molecule has 0 aliphatic carbocycles. The number of rotatable bonds is 18. The predicted molar refractivity (Wildman–Crippen MR) is 112 cm³/mol. The minimum Gasteiger partial charge on any atom is -0.465 e. The summed E-state index contributed by atoms with van der Waals surface area (Å²) in [6, 6.07) is 0. The topological polar surface area (TPSA) is 76.1 Å². The lowest BCUT2D eigenvalue weighted by molar-refractivity contribution is -0.154. The number of carbonyl (C=O) groups is 2. The van der Waals surface area contributed by atoms with Gasteiger partial charge in [-0.15, -0.1) is 0 Å². The van der Waals surface area contributed by atoms with E-state index in [9.17, 15) is 9.59 Å². The SMILES string of the molecule is CCC(CC)C(=O)OCCCCCCN(CCCO)COC(=O)C(CC)CC. The predicted octanol–water partition coefficient (Wildman–Crippen LogP) is 4.15. The zero-order valence-corrected chi connectivity index (χ0v) is 18.6. The second-order valence-corrected chi connectivity index (χ2v) is 7.40. The van der Waals surface area contributed by atoms with E-state index >= 15 is 0 Å². The fourth-order valence-electron chi connectivity index (χ4n) is 3.13. The fourth-order valence-corrected chi connectivity index (χ4v) is 3.13. The third-order valence-electron chi connectivity index (χ3n) is 5.27. The van der Waals surface area contributed by atoms with Crippen molar-refractivity contribution in [3.8, 4) is 0 Å². The molecule has 0 saturated heterocycles. The van der Waals surface area contributed by atoms with Crippen molar-refractivity contribution < 1.29 is 24.2 Å². The Bertz CT molecular complexity index is 394. The van der Waals surface area contributed by atoms with E-state index in [1.165, 1.54) is 0 Å². The fraction of sp³-hybridized carbons (Fsp3) is 0.909. The molecule has 0 aromatic heterocycles. The first kappa shape index (κ1) is 26.9. The third-order valence-corrected chi connectivity index (χ3v) is 5.27.